The third-order valence-corrected chi connectivity index (χ3v) is 2.82. The predicted molar refractivity (Wildman–Crippen MR) is 70.1 cm³/mol. The summed E-state index contributed by atoms with van der Waals surface area (Å²) in [4.78, 5) is 15.6. The van der Waals surface area contributed by atoms with Crippen molar-refractivity contribution in [2.24, 2.45) is 0 Å². The van der Waals surface area contributed by atoms with Crippen molar-refractivity contribution >= 4 is 44.5 Å². The van der Waals surface area contributed by atoms with Gasteiger partial charge in [-0.2, -0.15) is 4.98 Å². The summed E-state index contributed by atoms with van der Waals surface area (Å²) in [6, 6.07) is 1.64. The van der Waals surface area contributed by atoms with Crippen molar-refractivity contribution in [2.45, 2.75) is 26.4 Å². The molecule has 8 heteroatoms. The first-order valence-electron chi connectivity index (χ1n) is 5.13. The van der Waals surface area contributed by atoms with Gasteiger partial charge in [0.15, 0.2) is 15.9 Å². The molecule has 0 saturated heterocycles. The highest BCUT2D eigenvalue weighted by atomic mass is 35.5. The zero-order valence-corrected chi connectivity index (χ0v) is 11.6. The number of halogens is 1. The number of rotatable bonds is 1. The van der Waals surface area contributed by atoms with Crippen molar-refractivity contribution in [1.29, 1.82) is 0 Å². The van der Waals surface area contributed by atoms with Crippen molar-refractivity contribution in [1.82, 2.24) is 15.2 Å². The third kappa shape index (κ3) is 3.27. The Morgan fingerprint density at radius 1 is 1.44 bits per heavy atom. The monoisotopic (exact) mass is 286 g/mol. The molecule has 0 aromatic carbocycles. The van der Waals surface area contributed by atoms with Gasteiger partial charge in [0.2, 0.25) is 0 Å². The maximum Gasteiger partial charge on any atom is 0.413 e. The minimum Gasteiger partial charge on any atom is -0.444 e. The van der Waals surface area contributed by atoms with Gasteiger partial charge in [-0.25, -0.2) is 4.79 Å². The maximum atomic E-state index is 11.5. The number of anilines is 1. The molecule has 0 spiro atoms. The molecule has 0 aliphatic rings. The topological polar surface area (TPSA) is 77.0 Å². The lowest BCUT2D eigenvalue weighted by molar-refractivity contribution is 0.0636. The van der Waals surface area contributed by atoms with Crippen LogP contribution in [0.15, 0.2) is 6.07 Å². The molecule has 1 N–H and O–H groups in total. The molecule has 2 aromatic rings. The highest BCUT2D eigenvalue weighted by Gasteiger charge is 2.17. The lowest BCUT2D eigenvalue weighted by atomic mass is 10.2. The Morgan fingerprint density at radius 2 is 2.17 bits per heavy atom. The predicted octanol–water partition coefficient (Wildman–Crippen LogP) is 3.09. The Labute approximate surface area is 112 Å². The molecule has 18 heavy (non-hydrogen) atoms. The molecule has 0 bridgehead atoms. The van der Waals surface area contributed by atoms with Crippen LogP contribution >= 0.6 is 22.9 Å². The number of nitrogens with zero attached hydrogens (tertiary/aromatic N) is 3. The molecule has 2 heterocycles. The first kappa shape index (κ1) is 13.0. The fourth-order valence-electron chi connectivity index (χ4n) is 1.17. The van der Waals surface area contributed by atoms with Crippen molar-refractivity contribution in [3.05, 3.63) is 11.2 Å². The SMILES string of the molecule is CC(C)(C)OC(=O)Nc1nc2nnc(Cl)cc2s1. The zero-order chi connectivity index (χ0) is 13.3. The van der Waals surface area contributed by atoms with E-state index >= 15 is 0 Å². The Kier molecular flexibility index (Phi) is 3.36. The summed E-state index contributed by atoms with van der Waals surface area (Å²) in [6.45, 7) is 5.36. The third-order valence-electron chi connectivity index (χ3n) is 1.73. The summed E-state index contributed by atoms with van der Waals surface area (Å²) in [7, 11) is 0. The largest absolute Gasteiger partial charge is 0.444 e. The molecule has 1 amide bonds. The van der Waals surface area contributed by atoms with Crippen LogP contribution in [0.3, 0.4) is 0 Å². The quantitative estimate of drug-likeness (QED) is 0.871. The summed E-state index contributed by atoms with van der Waals surface area (Å²) in [5, 5.41) is 10.7. The summed E-state index contributed by atoms with van der Waals surface area (Å²) in [5.74, 6) is 0. The van der Waals surface area contributed by atoms with Gasteiger partial charge in [-0.3, -0.25) is 5.32 Å². The second-order valence-electron chi connectivity index (χ2n) is 4.50. The number of hydrogen-bond donors (Lipinski definition) is 1. The molecule has 2 rings (SSSR count). The molecule has 0 radical (unpaired) electrons. The number of nitrogens with one attached hydrogen (secondary N) is 1. The number of carbonyl (C=O) groups excluding carboxylic acids is 1. The standard InChI is InChI=1S/C10H11ClN4O2S/c1-10(2,3)17-9(16)13-8-12-7-5(18-8)4-6(11)14-15-7/h4H,1-3H3,(H,12,13,15,16). The highest BCUT2D eigenvalue weighted by Crippen LogP contribution is 2.25. The number of ether oxygens (including phenoxy) is 1. The molecule has 0 saturated carbocycles. The molecular formula is C10H11ClN4O2S. The van der Waals surface area contributed by atoms with Gasteiger partial charge in [-0.15, -0.1) is 10.2 Å². The van der Waals surface area contributed by atoms with Gasteiger partial charge in [0, 0.05) is 0 Å². The summed E-state index contributed by atoms with van der Waals surface area (Å²) >= 11 is 6.97. The fourth-order valence-corrected chi connectivity index (χ4v) is 2.20. The molecule has 2 aromatic heterocycles. The van der Waals surface area contributed by atoms with E-state index in [2.05, 4.69) is 20.5 Å². The lowest BCUT2D eigenvalue weighted by Crippen LogP contribution is -2.27. The van der Waals surface area contributed by atoms with E-state index in [1.165, 1.54) is 11.3 Å². The average molecular weight is 287 g/mol. The van der Waals surface area contributed by atoms with Crippen LogP contribution in [0.5, 0.6) is 0 Å². The van der Waals surface area contributed by atoms with Gasteiger partial charge in [0.05, 0.1) is 4.70 Å². The van der Waals surface area contributed by atoms with E-state index in [0.717, 1.165) is 4.70 Å². The molecule has 96 valence electrons. The minimum absolute atomic E-state index is 0.287. The highest BCUT2D eigenvalue weighted by molar-refractivity contribution is 7.22. The number of thiazole rings is 1. The Balaban J connectivity index is 2.15. The van der Waals surface area contributed by atoms with Crippen LogP contribution in [-0.2, 0) is 4.74 Å². The second kappa shape index (κ2) is 4.66. The van der Waals surface area contributed by atoms with E-state index in [0.29, 0.717) is 10.8 Å². The maximum absolute atomic E-state index is 11.5. The summed E-state index contributed by atoms with van der Waals surface area (Å²) in [6.07, 6.45) is -0.555. The number of carbonyl (C=O) groups is 1. The van der Waals surface area contributed by atoms with Crippen LogP contribution in [0.4, 0.5) is 9.93 Å². The number of amides is 1. The van der Waals surface area contributed by atoms with Crippen LogP contribution in [0, 0.1) is 0 Å². The molecule has 0 fully saturated rings. The molecule has 0 aliphatic heterocycles. The minimum atomic E-state index is -0.555. The van der Waals surface area contributed by atoms with Crippen molar-refractivity contribution in [2.75, 3.05) is 5.32 Å². The van der Waals surface area contributed by atoms with Gasteiger partial charge >= 0.3 is 6.09 Å². The number of fused-ring (bicyclic) bond motifs is 1. The molecule has 0 atom stereocenters. The van der Waals surface area contributed by atoms with Crippen molar-refractivity contribution < 1.29 is 9.53 Å². The van der Waals surface area contributed by atoms with E-state index in [1.807, 2.05) is 0 Å². The van der Waals surface area contributed by atoms with E-state index in [1.54, 1.807) is 26.8 Å². The van der Waals surface area contributed by atoms with Crippen LogP contribution in [0.1, 0.15) is 20.8 Å². The zero-order valence-electron chi connectivity index (χ0n) is 10.0. The van der Waals surface area contributed by atoms with Crippen LogP contribution in [0.2, 0.25) is 5.15 Å². The van der Waals surface area contributed by atoms with Gasteiger partial charge in [0.1, 0.15) is 5.60 Å². The number of hydrogen-bond acceptors (Lipinski definition) is 6. The van der Waals surface area contributed by atoms with Gasteiger partial charge in [-0.05, 0) is 26.8 Å². The van der Waals surface area contributed by atoms with Crippen LogP contribution < -0.4 is 5.32 Å². The van der Waals surface area contributed by atoms with Crippen molar-refractivity contribution in [3.8, 4) is 0 Å². The van der Waals surface area contributed by atoms with Crippen LogP contribution in [-0.4, -0.2) is 26.9 Å². The number of aromatic nitrogens is 3. The lowest BCUT2D eigenvalue weighted by Gasteiger charge is -2.18. The Hall–Kier alpha value is -1.47. The van der Waals surface area contributed by atoms with E-state index in [4.69, 9.17) is 16.3 Å². The van der Waals surface area contributed by atoms with Crippen LogP contribution in [0.25, 0.3) is 10.3 Å². The normalized spacial score (nSPS) is 11.6. The molecule has 0 unspecified atom stereocenters. The van der Waals surface area contributed by atoms with Gasteiger partial charge < -0.3 is 4.74 Å². The second-order valence-corrected chi connectivity index (χ2v) is 5.92. The van der Waals surface area contributed by atoms with Gasteiger partial charge in [-0.1, -0.05) is 22.9 Å². The van der Waals surface area contributed by atoms with Gasteiger partial charge in [0.25, 0.3) is 0 Å². The summed E-state index contributed by atoms with van der Waals surface area (Å²) < 4.78 is 5.87. The molecular weight excluding hydrogens is 276 g/mol. The van der Waals surface area contributed by atoms with Crippen molar-refractivity contribution in [3.63, 3.8) is 0 Å². The molecule has 0 aliphatic carbocycles. The van der Waals surface area contributed by atoms with E-state index in [-0.39, 0.29) is 5.15 Å². The smallest absolute Gasteiger partial charge is 0.413 e. The van der Waals surface area contributed by atoms with E-state index in [9.17, 15) is 4.79 Å². The summed E-state index contributed by atoms with van der Waals surface area (Å²) in [5.41, 5.74) is -0.111. The molecule has 6 nitrogen and oxygen atoms in total. The Bertz CT molecular complexity index is 593. The fraction of sp³-hybridized carbons (Fsp3) is 0.400. The van der Waals surface area contributed by atoms with E-state index < -0.39 is 11.7 Å². The average Bonchev–Trinajstić information content (AvgIpc) is 2.55. The Morgan fingerprint density at radius 3 is 2.83 bits per heavy atom. The first-order valence-corrected chi connectivity index (χ1v) is 6.33. The first-order chi connectivity index (χ1) is 8.33.